The van der Waals surface area contributed by atoms with E-state index in [1.165, 1.54) is 0 Å². The predicted molar refractivity (Wildman–Crippen MR) is 96.7 cm³/mol. The molecular weight excluding hydrogens is 320 g/mol. The molecule has 1 saturated heterocycles. The molecule has 0 radical (unpaired) electrons. The third-order valence-corrected chi connectivity index (χ3v) is 4.61. The summed E-state index contributed by atoms with van der Waals surface area (Å²) in [7, 11) is 4.65. The van der Waals surface area contributed by atoms with Gasteiger partial charge in [-0.3, -0.25) is 4.79 Å². The van der Waals surface area contributed by atoms with E-state index >= 15 is 0 Å². The summed E-state index contributed by atoms with van der Waals surface area (Å²) in [5.74, 6) is 1.35. The van der Waals surface area contributed by atoms with E-state index in [2.05, 4.69) is 38.3 Å². The Morgan fingerprint density at radius 2 is 1.44 bits per heavy atom. The Labute approximate surface area is 150 Å². The van der Waals surface area contributed by atoms with Gasteiger partial charge in [0.1, 0.15) is 5.75 Å². The lowest BCUT2D eigenvalue weighted by Gasteiger charge is -2.43. The summed E-state index contributed by atoms with van der Waals surface area (Å²) in [6.07, 6.45) is 1.83. The van der Waals surface area contributed by atoms with Crippen LogP contribution in [0.4, 0.5) is 0 Å². The van der Waals surface area contributed by atoms with E-state index in [0.717, 1.165) is 12.8 Å². The highest BCUT2D eigenvalue weighted by molar-refractivity contribution is 5.98. The fraction of sp³-hybridized carbons (Fsp3) is 0.632. The van der Waals surface area contributed by atoms with Crippen molar-refractivity contribution in [2.24, 2.45) is 0 Å². The smallest absolute Gasteiger partial charge is 0.255 e. The number of piperidine rings is 1. The molecule has 1 aliphatic rings. The highest BCUT2D eigenvalue weighted by atomic mass is 16.5. The molecule has 25 heavy (non-hydrogen) atoms. The number of hydrogen-bond acceptors (Lipinski definition) is 4. The summed E-state index contributed by atoms with van der Waals surface area (Å²) < 4.78 is 16.0. The van der Waals surface area contributed by atoms with Gasteiger partial charge in [0.15, 0.2) is 11.5 Å². The van der Waals surface area contributed by atoms with E-state index in [9.17, 15) is 4.79 Å². The molecule has 0 bridgehead atoms. The second-order valence-electron chi connectivity index (χ2n) is 8.11. The minimum absolute atomic E-state index is 0.0847. The number of methoxy groups -OCH3 is 3. The van der Waals surface area contributed by atoms with Gasteiger partial charge in [-0.2, -0.15) is 0 Å². The van der Waals surface area contributed by atoms with Crippen molar-refractivity contribution in [3.63, 3.8) is 0 Å². The Balaban J connectivity index is 2.25. The summed E-state index contributed by atoms with van der Waals surface area (Å²) in [5.41, 5.74) is 0.619. The molecule has 1 aromatic carbocycles. The quantitative estimate of drug-likeness (QED) is 0.847. The van der Waals surface area contributed by atoms with Crippen molar-refractivity contribution in [1.29, 1.82) is 0 Å². The van der Waals surface area contributed by atoms with Crippen LogP contribution < -0.4 is 24.8 Å². The number of hydrogen-bond donors (Lipinski definition) is 2. The Morgan fingerprint density at radius 3 is 1.92 bits per heavy atom. The Bertz CT molecular complexity index is 625. The van der Waals surface area contributed by atoms with Crippen LogP contribution in [0, 0.1) is 0 Å². The molecule has 1 amide bonds. The molecule has 1 aromatic rings. The first-order chi connectivity index (χ1) is 11.6. The number of carbonyl (C=O) groups is 1. The van der Waals surface area contributed by atoms with Crippen molar-refractivity contribution < 1.29 is 24.3 Å². The molecule has 6 nitrogen and oxygen atoms in total. The molecule has 1 heterocycles. The topological polar surface area (TPSA) is 73.4 Å². The average molecular weight is 351 g/mol. The highest BCUT2D eigenvalue weighted by Crippen LogP contribution is 2.34. The maximum atomic E-state index is 12.9. The fourth-order valence-electron chi connectivity index (χ4n) is 4.09. The Kier molecular flexibility index (Phi) is 5.52. The molecule has 6 heteroatoms. The van der Waals surface area contributed by atoms with Crippen LogP contribution in [-0.4, -0.2) is 44.4 Å². The van der Waals surface area contributed by atoms with Crippen LogP contribution in [0.15, 0.2) is 12.1 Å². The Morgan fingerprint density at radius 1 is 0.960 bits per heavy atom. The zero-order chi connectivity index (χ0) is 18.8. The van der Waals surface area contributed by atoms with Gasteiger partial charge in [0.05, 0.1) is 38.0 Å². The number of rotatable bonds is 5. The molecule has 0 saturated carbocycles. The van der Waals surface area contributed by atoms with Crippen LogP contribution in [0.1, 0.15) is 50.9 Å². The van der Waals surface area contributed by atoms with Gasteiger partial charge < -0.3 is 24.8 Å². The molecule has 0 aliphatic carbocycles. The van der Waals surface area contributed by atoms with E-state index < -0.39 is 0 Å². The van der Waals surface area contributed by atoms with E-state index in [1.807, 2.05) is 0 Å². The number of amides is 1. The first kappa shape index (κ1) is 19.4. The summed E-state index contributed by atoms with van der Waals surface area (Å²) >= 11 is 0. The van der Waals surface area contributed by atoms with Crippen molar-refractivity contribution in [3.8, 4) is 17.2 Å². The van der Waals surface area contributed by atoms with Crippen LogP contribution in [0.2, 0.25) is 0 Å². The molecule has 1 aliphatic heterocycles. The lowest BCUT2D eigenvalue weighted by Crippen LogP contribution is -3.06. The molecule has 0 aromatic heterocycles. The molecule has 0 spiro atoms. The van der Waals surface area contributed by atoms with Crippen molar-refractivity contribution in [2.75, 3.05) is 21.3 Å². The third-order valence-electron chi connectivity index (χ3n) is 4.61. The number of quaternary nitrogens is 1. The largest absolute Gasteiger partial charge is 0.496 e. The molecular formula is C19H31N2O4+. The van der Waals surface area contributed by atoms with Crippen LogP contribution in [0.5, 0.6) is 17.2 Å². The van der Waals surface area contributed by atoms with Gasteiger partial charge in [-0.25, -0.2) is 0 Å². The number of nitrogens with one attached hydrogen (secondary N) is 1. The first-order valence-electron chi connectivity index (χ1n) is 8.59. The predicted octanol–water partition coefficient (Wildman–Crippen LogP) is 1.73. The summed E-state index contributed by atoms with van der Waals surface area (Å²) in [6, 6.07) is 3.45. The minimum Gasteiger partial charge on any atom is -0.496 e. The maximum Gasteiger partial charge on any atom is 0.255 e. The van der Waals surface area contributed by atoms with Crippen molar-refractivity contribution >= 4 is 5.91 Å². The number of nitrogens with two attached hydrogens (primary N) is 1. The maximum absolute atomic E-state index is 12.9. The number of benzene rings is 1. The zero-order valence-corrected chi connectivity index (χ0v) is 16.4. The van der Waals surface area contributed by atoms with E-state index in [-0.39, 0.29) is 23.0 Å². The van der Waals surface area contributed by atoms with E-state index in [0.29, 0.717) is 22.8 Å². The standard InChI is InChI=1S/C19H30N2O4/c1-18(2)10-12(11-19(3,4)21-18)20-17(22)13-8-15(24-6)16(25-7)9-14(13)23-5/h8-9,12,21H,10-11H2,1-7H3,(H,20,22)/p+1. The van der Waals surface area contributed by atoms with Gasteiger partial charge in [-0.1, -0.05) is 0 Å². The monoisotopic (exact) mass is 351 g/mol. The number of ether oxygens (including phenoxy) is 3. The summed E-state index contributed by atoms with van der Waals surface area (Å²) in [5, 5.41) is 5.56. The normalized spacial score (nSPS) is 19.2. The van der Waals surface area contributed by atoms with Gasteiger partial charge in [0, 0.05) is 31.0 Å². The van der Waals surface area contributed by atoms with E-state index in [1.54, 1.807) is 33.5 Å². The average Bonchev–Trinajstić information content (AvgIpc) is 2.50. The van der Waals surface area contributed by atoms with Gasteiger partial charge in [-0.15, -0.1) is 0 Å². The molecule has 0 atom stereocenters. The van der Waals surface area contributed by atoms with Gasteiger partial charge >= 0.3 is 0 Å². The Hall–Kier alpha value is -1.95. The lowest BCUT2D eigenvalue weighted by molar-refractivity contribution is -0.787. The molecule has 1 fully saturated rings. The third kappa shape index (κ3) is 4.57. The highest BCUT2D eigenvalue weighted by Gasteiger charge is 2.42. The zero-order valence-electron chi connectivity index (χ0n) is 16.4. The van der Waals surface area contributed by atoms with Crippen molar-refractivity contribution in [1.82, 2.24) is 5.32 Å². The second-order valence-corrected chi connectivity index (χ2v) is 8.11. The van der Waals surface area contributed by atoms with Gasteiger partial charge in [0.25, 0.3) is 5.91 Å². The molecule has 0 unspecified atom stereocenters. The minimum atomic E-state index is -0.156. The fourth-order valence-corrected chi connectivity index (χ4v) is 4.09. The van der Waals surface area contributed by atoms with Crippen LogP contribution >= 0.6 is 0 Å². The van der Waals surface area contributed by atoms with Gasteiger partial charge in [0.2, 0.25) is 0 Å². The van der Waals surface area contributed by atoms with Crippen molar-refractivity contribution in [3.05, 3.63) is 17.7 Å². The summed E-state index contributed by atoms with van der Waals surface area (Å²) in [4.78, 5) is 12.9. The first-order valence-corrected chi connectivity index (χ1v) is 8.59. The summed E-state index contributed by atoms with van der Waals surface area (Å²) in [6.45, 7) is 8.85. The SMILES string of the molecule is COc1cc(OC)c(C(=O)NC2CC(C)(C)[NH2+]C(C)(C)C2)cc1OC. The number of carbonyl (C=O) groups excluding carboxylic acids is 1. The van der Waals surface area contributed by atoms with Crippen LogP contribution in [-0.2, 0) is 0 Å². The van der Waals surface area contributed by atoms with Gasteiger partial charge in [-0.05, 0) is 27.7 Å². The second kappa shape index (κ2) is 7.12. The van der Waals surface area contributed by atoms with Crippen molar-refractivity contribution in [2.45, 2.75) is 57.7 Å². The molecule has 2 rings (SSSR count). The lowest BCUT2D eigenvalue weighted by atomic mass is 9.79. The van der Waals surface area contributed by atoms with E-state index in [4.69, 9.17) is 14.2 Å². The molecule has 140 valence electrons. The van der Waals surface area contributed by atoms with Crippen LogP contribution in [0.3, 0.4) is 0 Å². The molecule has 3 N–H and O–H groups in total. The van der Waals surface area contributed by atoms with Crippen LogP contribution in [0.25, 0.3) is 0 Å².